The van der Waals surface area contributed by atoms with Crippen LogP contribution in [-0.2, 0) is 10.0 Å². The molecule has 0 bridgehead atoms. The smallest absolute Gasteiger partial charge is 0.246 e. The lowest BCUT2D eigenvalue weighted by molar-refractivity contribution is 0.159. The molecule has 0 saturated carbocycles. The Hall–Kier alpha value is -0.960. The number of hydrogen-bond donors (Lipinski definition) is 2. The summed E-state index contributed by atoms with van der Waals surface area (Å²) >= 11 is 0. The zero-order valence-corrected chi connectivity index (χ0v) is 13.1. The minimum absolute atomic E-state index is 0.295. The summed E-state index contributed by atoms with van der Waals surface area (Å²) in [6.07, 6.45) is 4.30. The van der Waals surface area contributed by atoms with Crippen LogP contribution in [-0.4, -0.2) is 66.1 Å². The van der Waals surface area contributed by atoms with Crippen LogP contribution >= 0.6 is 0 Å². The quantitative estimate of drug-likeness (QED) is 0.813. The molecule has 3 rings (SSSR count). The molecule has 21 heavy (non-hydrogen) atoms. The zero-order valence-electron chi connectivity index (χ0n) is 12.3. The molecule has 3 heterocycles. The van der Waals surface area contributed by atoms with Crippen LogP contribution in [0.3, 0.4) is 0 Å². The Bertz CT molecular complexity index is 591. The van der Waals surface area contributed by atoms with Crippen molar-refractivity contribution in [1.82, 2.24) is 19.4 Å². The molecule has 3 N–H and O–H groups in total. The molecule has 118 valence electrons. The number of nitrogens with one attached hydrogen (secondary N) is 1. The number of aromatic amines is 1. The van der Waals surface area contributed by atoms with Crippen LogP contribution in [0.1, 0.15) is 25.0 Å². The molecular formula is C13H23N5O2S. The Labute approximate surface area is 125 Å². The molecule has 0 aliphatic carbocycles. The maximum atomic E-state index is 12.6. The van der Waals surface area contributed by atoms with Crippen LogP contribution in [0.2, 0.25) is 0 Å². The standard InChI is InChI=1S/C13H23N5O2S/c1-10-13(8-15-16-10)21(19,20)18-7-4-12(9-18)17-5-2-11(14)3-6-17/h8,11-12H,2-7,9,14H2,1H3,(H,15,16). The van der Waals surface area contributed by atoms with Crippen molar-refractivity contribution in [2.75, 3.05) is 26.2 Å². The van der Waals surface area contributed by atoms with Crippen molar-refractivity contribution < 1.29 is 8.42 Å². The van der Waals surface area contributed by atoms with E-state index in [0.717, 1.165) is 32.4 Å². The van der Waals surface area contributed by atoms with Crippen LogP contribution < -0.4 is 5.73 Å². The molecule has 1 aromatic rings. The van der Waals surface area contributed by atoms with E-state index in [1.165, 1.54) is 6.20 Å². The van der Waals surface area contributed by atoms with Gasteiger partial charge in [-0.25, -0.2) is 8.42 Å². The maximum Gasteiger partial charge on any atom is 0.246 e. The van der Waals surface area contributed by atoms with Crippen LogP contribution in [0.15, 0.2) is 11.1 Å². The molecule has 1 unspecified atom stereocenters. The number of hydrogen-bond acceptors (Lipinski definition) is 5. The predicted molar refractivity (Wildman–Crippen MR) is 79.3 cm³/mol. The number of rotatable bonds is 3. The van der Waals surface area contributed by atoms with Crippen LogP contribution in [0.4, 0.5) is 0 Å². The number of likely N-dealkylation sites (tertiary alicyclic amines) is 1. The van der Waals surface area contributed by atoms with Crippen molar-refractivity contribution in [2.24, 2.45) is 5.73 Å². The molecule has 2 aliphatic heterocycles. The Morgan fingerprint density at radius 3 is 2.62 bits per heavy atom. The summed E-state index contributed by atoms with van der Waals surface area (Å²) in [5, 5.41) is 6.52. The highest BCUT2D eigenvalue weighted by molar-refractivity contribution is 7.89. The van der Waals surface area contributed by atoms with Crippen molar-refractivity contribution in [3.63, 3.8) is 0 Å². The summed E-state index contributed by atoms with van der Waals surface area (Å²) in [6.45, 7) is 4.84. The van der Waals surface area contributed by atoms with Gasteiger partial charge in [-0.3, -0.25) is 10.00 Å². The highest BCUT2D eigenvalue weighted by Gasteiger charge is 2.37. The number of H-pyrrole nitrogens is 1. The summed E-state index contributed by atoms with van der Waals surface area (Å²) in [5.41, 5.74) is 6.53. The first kappa shape index (κ1) is 15.0. The molecule has 0 amide bonds. The van der Waals surface area contributed by atoms with Crippen molar-refractivity contribution in [2.45, 2.75) is 43.2 Å². The summed E-state index contributed by atoms with van der Waals surface area (Å²) in [5.74, 6) is 0. The fraction of sp³-hybridized carbons (Fsp3) is 0.769. The third-order valence-electron chi connectivity index (χ3n) is 4.62. The topological polar surface area (TPSA) is 95.3 Å². The van der Waals surface area contributed by atoms with E-state index in [0.29, 0.717) is 35.8 Å². The molecule has 0 radical (unpaired) electrons. The first-order chi connectivity index (χ1) is 9.98. The normalized spacial score (nSPS) is 26.5. The van der Waals surface area contributed by atoms with E-state index in [2.05, 4.69) is 15.1 Å². The molecule has 2 saturated heterocycles. The fourth-order valence-corrected chi connectivity index (χ4v) is 4.86. The monoisotopic (exact) mass is 313 g/mol. The van der Waals surface area contributed by atoms with Crippen LogP contribution in [0.5, 0.6) is 0 Å². The van der Waals surface area contributed by atoms with E-state index < -0.39 is 10.0 Å². The number of aryl methyl sites for hydroxylation is 1. The lowest BCUT2D eigenvalue weighted by Crippen LogP contribution is -2.46. The van der Waals surface area contributed by atoms with Gasteiger partial charge in [0, 0.05) is 25.2 Å². The average molecular weight is 313 g/mol. The second-order valence-corrected chi connectivity index (χ2v) is 7.94. The van der Waals surface area contributed by atoms with Gasteiger partial charge in [-0.2, -0.15) is 9.40 Å². The molecule has 2 fully saturated rings. The van der Waals surface area contributed by atoms with E-state index >= 15 is 0 Å². The number of nitrogens with two attached hydrogens (primary N) is 1. The van der Waals surface area contributed by atoms with Crippen LogP contribution in [0, 0.1) is 6.92 Å². The van der Waals surface area contributed by atoms with Gasteiger partial charge in [0.05, 0.1) is 11.9 Å². The van der Waals surface area contributed by atoms with E-state index in [4.69, 9.17) is 5.73 Å². The van der Waals surface area contributed by atoms with Crippen molar-refractivity contribution in [3.8, 4) is 0 Å². The first-order valence-corrected chi connectivity index (χ1v) is 8.92. The number of aromatic nitrogens is 2. The summed E-state index contributed by atoms with van der Waals surface area (Å²) in [7, 11) is -3.42. The van der Waals surface area contributed by atoms with Gasteiger partial charge in [-0.05, 0) is 39.3 Å². The van der Waals surface area contributed by atoms with Gasteiger partial charge in [-0.1, -0.05) is 0 Å². The second-order valence-electron chi connectivity index (χ2n) is 6.04. The third kappa shape index (κ3) is 2.85. The fourth-order valence-electron chi connectivity index (χ4n) is 3.25. The lowest BCUT2D eigenvalue weighted by atomic mass is 10.0. The predicted octanol–water partition coefficient (Wildman–Crippen LogP) is -0.0958. The molecular weight excluding hydrogens is 290 g/mol. The van der Waals surface area contributed by atoms with Crippen molar-refractivity contribution in [3.05, 3.63) is 11.9 Å². The minimum Gasteiger partial charge on any atom is -0.328 e. The molecule has 1 atom stereocenters. The van der Waals surface area contributed by atoms with Gasteiger partial charge in [0.15, 0.2) is 0 Å². The third-order valence-corrected chi connectivity index (χ3v) is 6.60. The summed E-state index contributed by atoms with van der Waals surface area (Å²) in [4.78, 5) is 2.69. The van der Waals surface area contributed by atoms with E-state index in [1.54, 1.807) is 11.2 Å². The minimum atomic E-state index is -3.42. The highest BCUT2D eigenvalue weighted by Crippen LogP contribution is 2.26. The Kier molecular flexibility index (Phi) is 4.04. The molecule has 0 spiro atoms. The van der Waals surface area contributed by atoms with E-state index in [9.17, 15) is 8.42 Å². The zero-order chi connectivity index (χ0) is 15.0. The van der Waals surface area contributed by atoms with Crippen molar-refractivity contribution in [1.29, 1.82) is 0 Å². The highest BCUT2D eigenvalue weighted by atomic mass is 32.2. The second kappa shape index (κ2) is 5.68. The Morgan fingerprint density at radius 1 is 1.29 bits per heavy atom. The Balaban J connectivity index is 1.68. The molecule has 7 nitrogen and oxygen atoms in total. The lowest BCUT2D eigenvalue weighted by Gasteiger charge is -2.34. The van der Waals surface area contributed by atoms with Gasteiger partial charge >= 0.3 is 0 Å². The molecule has 1 aromatic heterocycles. The molecule has 2 aliphatic rings. The van der Waals surface area contributed by atoms with E-state index in [-0.39, 0.29) is 0 Å². The average Bonchev–Trinajstić information content (AvgIpc) is 3.08. The number of piperidine rings is 1. The SMILES string of the molecule is Cc1[nH]ncc1S(=O)(=O)N1CCC(N2CCC(N)CC2)C1. The van der Waals surface area contributed by atoms with E-state index in [1.807, 2.05) is 0 Å². The summed E-state index contributed by atoms with van der Waals surface area (Å²) in [6, 6.07) is 0.621. The number of nitrogens with zero attached hydrogens (tertiary/aromatic N) is 3. The molecule has 8 heteroatoms. The molecule has 0 aromatic carbocycles. The Morgan fingerprint density at radius 2 is 2.00 bits per heavy atom. The van der Waals surface area contributed by atoms with Crippen molar-refractivity contribution >= 4 is 10.0 Å². The number of sulfonamides is 1. The maximum absolute atomic E-state index is 12.6. The largest absolute Gasteiger partial charge is 0.328 e. The van der Waals surface area contributed by atoms with Crippen LogP contribution in [0.25, 0.3) is 0 Å². The van der Waals surface area contributed by atoms with Gasteiger partial charge in [-0.15, -0.1) is 0 Å². The first-order valence-electron chi connectivity index (χ1n) is 7.48. The van der Waals surface area contributed by atoms with Gasteiger partial charge in [0.25, 0.3) is 0 Å². The van der Waals surface area contributed by atoms with Gasteiger partial charge < -0.3 is 5.73 Å². The van der Waals surface area contributed by atoms with Gasteiger partial charge in [0.1, 0.15) is 4.90 Å². The van der Waals surface area contributed by atoms with Gasteiger partial charge in [0.2, 0.25) is 10.0 Å². The summed E-state index contributed by atoms with van der Waals surface area (Å²) < 4.78 is 26.8.